The maximum Gasteiger partial charge on any atom is 0.279 e. The maximum atomic E-state index is 13.6. The summed E-state index contributed by atoms with van der Waals surface area (Å²) in [5.74, 6) is 0.592. The van der Waals surface area contributed by atoms with Gasteiger partial charge in [0.25, 0.3) is 10.0 Å². The summed E-state index contributed by atoms with van der Waals surface area (Å²) >= 11 is 5.94. The fourth-order valence-corrected chi connectivity index (χ4v) is 5.79. The Morgan fingerprint density at radius 2 is 1.71 bits per heavy atom. The molecule has 0 saturated heterocycles. The Morgan fingerprint density at radius 3 is 2.38 bits per heavy atom. The van der Waals surface area contributed by atoms with Gasteiger partial charge in [-0.2, -0.15) is 17.9 Å². The van der Waals surface area contributed by atoms with E-state index in [9.17, 15) is 16.8 Å². The summed E-state index contributed by atoms with van der Waals surface area (Å²) in [5.41, 5.74) is 2.18. The molecule has 1 unspecified atom stereocenters. The largest absolute Gasteiger partial charge is 0.497 e. The monoisotopic (exact) mass is 519 g/mol. The molecule has 178 valence electrons. The van der Waals surface area contributed by atoms with E-state index in [-0.39, 0.29) is 11.3 Å². The molecule has 4 rings (SSSR count). The van der Waals surface area contributed by atoms with Crippen molar-refractivity contribution < 1.29 is 21.6 Å². The molecule has 0 amide bonds. The molecule has 1 N–H and O–H groups in total. The highest BCUT2D eigenvalue weighted by Crippen LogP contribution is 2.38. The van der Waals surface area contributed by atoms with Crippen molar-refractivity contribution in [3.63, 3.8) is 0 Å². The molecule has 34 heavy (non-hydrogen) atoms. The van der Waals surface area contributed by atoms with E-state index in [2.05, 4.69) is 9.82 Å². The number of anilines is 1. The van der Waals surface area contributed by atoms with Crippen LogP contribution in [-0.2, 0) is 20.0 Å². The van der Waals surface area contributed by atoms with Gasteiger partial charge in [-0.15, -0.1) is 0 Å². The minimum absolute atomic E-state index is 0.0577. The van der Waals surface area contributed by atoms with Gasteiger partial charge in [0.05, 0.1) is 30.0 Å². The van der Waals surface area contributed by atoms with Gasteiger partial charge in [0.1, 0.15) is 5.75 Å². The number of halogens is 1. The first-order valence-electron chi connectivity index (χ1n) is 10.2. The summed E-state index contributed by atoms with van der Waals surface area (Å²) < 4.78 is 59.3. The second kappa shape index (κ2) is 9.28. The van der Waals surface area contributed by atoms with Crippen molar-refractivity contribution in [2.24, 2.45) is 5.10 Å². The Morgan fingerprint density at radius 1 is 1.00 bits per heavy atom. The molecule has 1 heterocycles. The molecule has 0 radical (unpaired) electrons. The summed E-state index contributed by atoms with van der Waals surface area (Å²) in [6.45, 7) is 0. The molecule has 3 aromatic rings. The predicted molar refractivity (Wildman–Crippen MR) is 132 cm³/mol. The molecular formula is C23H22ClN3O5S2. The van der Waals surface area contributed by atoms with Crippen molar-refractivity contribution >= 4 is 43.0 Å². The Bertz CT molecular complexity index is 1460. The van der Waals surface area contributed by atoms with Crippen LogP contribution in [0.3, 0.4) is 0 Å². The number of benzene rings is 3. The first-order valence-corrected chi connectivity index (χ1v) is 13.9. The molecule has 11 heteroatoms. The van der Waals surface area contributed by atoms with Crippen LogP contribution in [0.15, 0.2) is 82.8 Å². The van der Waals surface area contributed by atoms with Crippen LogP contribution in [0.25, 0.3) is 0 Å². The lowest BCUT2D eigenvalue weighted by molar-refractivity contribution is 0.368. The number of methoxy groups -OCH3 is 1. The average molecular weight is 520 g/mol. The number of nitrogens with one attached hydrogen (secondary N) is 1. The zero-order valence-electron chi connectivity index (χ0n) is 18.3. The number of rotatable bonds is 7. The molecule has 0 spiro atoms. The van der Waals surface area contributed by atoms with Gasteiger partial charge in [0.2, 0.25) is 10.0 Å². The highest BCUT2D eigenvalue weighted by molar-refractivity contribution is 7.92. The van der Waals surface area contributed by atoms with E-state index in [4.69, 9.17) is 16.3 Å². The third-order valence-corrected chi connectivity index (χ3v) is 7.76. The highest BCUT2D eigenvalue weighted by Gasteiger charge is 2.38. The molecule has 0 bridgehead atoms. The topological polar surface area (TPSA) is 105 Å². The summed E-state index contributed by atoms with van der Waals surface area (Å²) in [7, 11) is -5.95. The quantitative estimate of drug-likeness (QED) is 0.502. The standard InChI is InChI=1S/C23H22ClN3O5S2/c1-32-20-8-4-6-17(14-20)23-15-22(16-5-3-7-19(13-16)26-33(2,28)29)25-27(23)34(30,31)21-11-9-18(24)10-12-21/h3-14,23,26H,15H2,1-2H3. The van der Waals surface area contributed by atoms with Crippen molar-refractivity contribution in [3.05, 3.63) is 88.9 Å². The van der Waals surface area contributed by atoms with Crippen LogP contribution >= 0.6 is 11.6 Å². The number of hydrazone groups is 1. The van der Waals surface area contributed by atoms with Crippen LogP contribution in [0.5, 0.6) is 5.75 Å². The van der Waals surface area contributed by atoms with Crippen molar-refractivity contribution in [2.75, 3.05) is 18.1 Å². The van der Waals surface area contributed by atoms with E-state index in [0.717, 1.165) is 10.7 Å². The lowest BCUT2D eigenvalue weighted by Gasteiger charge is -2.23. The van der Waals surface area contributed by atoms with Gasteiger partial charge in [-0.05, 0) is 59.7 Å². The lowest BCUT2D eigenvalue weighted by atomic mass is 9.99. The SMILES string of the molecule is COc1cccc(C2CC(c3cccc(NS(C)(=O)=O)c3)=NN2S(=O)(=O)c2ccc(Cl)cc2)c1. The van der Waals surface area contributed by atoms with Crippen LogP contribution in [0, 0.1) is 0 Å². The van der Waals surface area contributed by atoms with Gasteiger partial charge in [-0.25, -0.2) is 8.42 Å². The van der Waals surface area contributed by atoms with Crippen LogP contribution < -0.4 is 9.46 Å². The van der Waals surface area contributed by atoms with E-state index in [1.165, 1.54) is 31.4 Å². The van der Waals surface area contributed by atoms with Crippen molar-refractivity contribution in [3.8, 4) is 5.75 Å². The van der Waals surface area contributed by atoms with Crippen LogP contribution in [-0.4, -0.2) is 40.3 Å². The number of hydrogen-bond donors (Lipinski definition) is 1. The molecule has 1 atom stereocenters. The molecule has 0 aliphatic carbocycles. The number of ether oxygens (including phenoxy) is 1. The third-order valence-electron chi connectivity index (χ3n) is 5.21. The van der Waals surface area contributed by atoms with Crippen LogP contribution in [0.2, 0.25) is 5.02 Å². The Kier molecular flexibility index (Phi) is 6.57. The number of sulfonamides is 2. The Hall–Kier alpha value is -3.08. The van der Waals surface area contributed by atoms with Gasteiger partial charge in [0.15, 0.2) is 0 Å². The van der Waals surface area contributed by atoms with E-state index in [0.29, 0.717) is 33.3 Å². The predicted octanol–water partition coefficient (Wildman–Crippen LogP) is 4.26. The summed E-state index contributed by atoms with van der Waals surface area (Å²) in [4.78, 5) is 0.0577. The van der Waals surface area contributed by atoms with Crippen LogP contribution in [0.1, 0.15) is 23.6 Å². The molecule has 1 aliphatic rings. The minimum Gasteiger partial charge on any atom is -0.497 e. The third kappa shape index (κ3) is 5.19. The lowest BCUT2D eigenvalue weighted by Crippen LogP contribution is -2.27. The van der Waals surface area contributed by atoms with Gasteiger partial charge in [-0.1, -0.05) is 35.9 Å². The van der Waals surface area contributed by atoms with Crippen molar-refractivity contribution in [1.82, 2.24) is 4.41 Å². The van der Waals surface area contributed by atoms with Crippen molar-refractivity contribution in [2.45, 2.75) is 17.4 Å². The van der Waals surface area contributed by atoms with E-state index in [1.54, 1.807) is 42.5 Å². The zero-order chi connectivity index (χ0) is 24.5. The van der Waals surface area contributed by atoms with Gasteiger partial charge in [0, 0.05) is 17.1 Å². The average Bonchev–Trinajstić information content (AvgIpc) is 3.25. The van der Waals surface area contributed by atoms with Crippen molar-refractivity contribution in [1.29, 1.82) is 0 Å². The van der Waals surface area contributed by atoms with E-state index in [1.807, 2.05) is 6.07 Å². The minimum atomic E-state index is -4.02. The Labute approximate surface area is 203 Å². The van der Waals surface area contributed by atoms with Gasteiger partial charge in [-0.3, -0.25) is 4.72 Å². The fraction of sp³-hybridized carbons (Fsp3) is 0.174. The molecule has 0 aromatic heterocycles. The molecule has 1 aliphatic heterocycles. The fourth-order valence-electron chi connectivity index (χ4n) is 3.67. The Balaban J connectivity index is 1.79. The molecule has 0 fully saturated rings. The smallest absolute Gasteiger partial charge is 0.279 e. The molecular weight excluding hydrogens is 498 g/mol. The highest BCUT2D eigenvalue weighted by atomic mass is 35.5. The number of hydrogen-bond acceptors (Lipinski definition) is 6. The maximum absolute atomic E-state index is 13.6. The molecule has 3 aromatic carbocycles. The summed E-state index contributed by atoms with van der Waals surface area (Å²) in [6, 6.07) is 19.1. The molecule has 0 saturated carbocycles. The van der Waals surface area contributed by atoms with Gasteiger partial charge >= 0.3 is 0 Å². The van der Waals surface area contributed by atoms with E-state index >= 15 is 0 Å². The summed E-state index contributed by atoms with van der Waals surface area (Å²) in [6.07, 6.45) is 1.34. The first kappa shape index (κ1) is 24.1. The zero-order valence-corrected chi connectivity index (χ0v) is 20.7. The second-order valence-electron chi connectivity index (χ2n) is 7.73. The molecule has 8 nitrogen and oxygen atoms in total. The normalized spacial score (nSPS) is 16.3. The van der Waals surface area contributed by atoms with Crippen LogP contribution in [0.4, 0.5) is 5.69 Å². The first-order chi connectivity index (χ1) is 16.1. The van der Waals surface area contributed by atoms with E-state index < -0.39 is 26.1 Å². The van der Waals surface area contributed by atoms with Gasteiger partial charge < -0.3 is 4.74 Å². The number of nitrogens with zero attached hydrogens (tertiary/aromatic N) is 2. The second-order valence-corrected chi connectivity index (χ2v) is 11.7. The summed E-state index contributed by atoms with van der Waals surface area (Å²) in [5, 5.41) is 4.91.